The van der Waals surface area contributed by atoms with Crippen molar-refractivity contribution in [3.05, 3.63) is 29.8 Å². The van der Waals surface area contributed by atoms with E-state index >= 15 is 0 Å². The largest absolute Gasteiger partial charge is 0.353 e. The second-order valence-electron chi connectivity index (χ2n) is 8.23. The van der Waals surface area contributed by atoms with Crippen LogP contribution in [0.5, 0.6) is 0 Å². The van der Waals surface area contributed by atoms with Crippen molar-refractivity contribution in [1.82, 2.24) is 14.5 Å². The van der Waals surface area contributed by atoms with Crippen LogP contribution in [-0.4, -0.2) is 61.8 Å². The summed E-state index contributed by atoms with van der Waals surface area (Å²) in [6, 6.07) is 8.71. The molecule has 158 valence electrons. The molecule has 0 atom stereocenters. The minimum absolute atomic E-state index is 0.0587. The van der Waals surface area contributed by atoms with Crippen molar-refractivity contribution in [2.75, 3.05) is 26.2 Å². The molecule has 0 spiro atoms. The lowest BCUT2D eigenvalue weighted by Crippen LogP contribution is -2.49. The van der Waals surface area contributed by atoms with Crippen molar-refractivity contribution in [2.24, 2.45) is 5.92 Å². The quantitative estimate of drug-likeness (QED) is 0.789. The maximum absolute atomic E-state index is 12.8. The summed E-state index contributed by atoms with van der Waals surface area (Å²) in [6.07, 6.45) is 3.00. The Bertz CT molecular complexity index is 845. The maximum atomic E-state index is 12.8. The summed E-state index contributed by atoms with van der Waals surface area (Å²) in [5, 5.41) is 12.0. The molecule has 2 fully saturated rings. The standard InChI is InChI=1S/C21H30N4O3S/c1-16(2)24-11-9-19(10-12-24)23-21(26)18-7-13-25(14-8-18)29(27,28)20-5-3-17(15-22)4-6-20/h3-6,16,18-19H,7-14H2,1-2H3,(H,23,26). The number of nitriles is 1. The molecule has 2 saturated heterocycles. The van der Waals surface area contributed by atoms with Crippen LogP contribution in [-0.2, 0) is 14.8 Å². The van der Waals surface area contributed by atoms with Crippen molar-refractivity contribution in [2.45, 2.75) is 56.5 Å². The summed E-state index contributed by atoms with van der Waals surface area (Å²) in [7, 11) is -3.59. The Balaban J connectivity index is 1.51. The van der Waals surface area contributed by atoms with Gasteiger partial charge in [-0.05, 0) is 63.8 Å². The lowest BCUT2D eigenvalue weighted by atomic mass is 9.95. The molecule has 2 aliphatic heterocycles. The first-order valence-electron chi connectivity index (χ1n) is 10.4. The van der Waals surface area contributed by atoms with Gasteiger partial charge in [-0.1, -0.05) is 0 Å². The summed E-state index contributed by atoms with van der Waals surface area (Å²) in [5.41, 5.74) is 0.429. The SMILES string of the molecule is CC(C)N1CCC(NC(=O)C2CCN(S(=O)(=O)c3ccc(C#N)cc3)CC2)CC1. The Morgan fingerprint density at radius 2 is 1.66 bits per heavy atom. The Morgan fingerprint density at radius 1 is 1.07 bits per heavy atom. The van der Waals surface area contributed by atoms with Crippen LogP contribution in [0.15, 0.2) is 29.2 Å². The zero-order valence-corrected chi connectivity index (χ0v) is 18.0. The first kappa shape index (κ1) is 21.8. The Labute approximate surface area is 173 Å². The minimum Gasteiger partial charge on any atom is -0.353 e. The van der Waals surface area contributed by atoms with E-state index in [4.69, 9.17) is 5.26 Å². The molecular formula is C21H30N4O3S. The number of likely N-dealkylation sites (tertiary alicyclic amines) is 1. The van der Waals surface area contributed by atoms with Gasteiger partial charge >= 0.3 is 0 Å². The van der Waals surface area contributed by atoms with Crippen LogP contribution in [0.2, 0.25) is 0 Å². The van der Waals surface area contributed by atoms with Crippen LogP contribution in [0, 0.1) is 17.2 Å². The predicted octanol–water partition coefficient (Wildman–Crippen LogP) is 1.95. The molecule has 0 aromatic heterocycles. The Kier molecular flexibility index (Phi) is 6.93. The van der Waals surface area contributed by atoms with E-state index in [-0.39, 0.29) is 22.8 Å². The lowest BCUT2D eigenvalue weighted by molar-refractivity contribution is -0.127. The van der Waals surface area contributed by atoms with Crippen molar-refractivity contribution in [3.8, 4) is 6.07 Å². The molecule has 2 heterocycles. The zero-order valence-electron chi connectivity index (χ0n) is 17.2. The molecule has 0 saturated carbocycles. The van der Waals surface area contributed by atoms with E-state index in [1.54, 1.807) is 0 Å². The summed E-state index contributed by atoms with van der Waals surface area (Å²) < 4.78 is 27.1. The van der Waals surface area contributed by atoms with E-state index in [1.807, 2.05) is 6.07 Å². The number of piperidine rings is 2. The van der Waals surface area contributed by atoms with Crippen molar-refractivity contribution in [1.29, 1.82) is 5.26 Å². The van der Waals surface area contributed by atoms with Gasteiger partial charge in [0.05, 0.1) is 16.5 Å². The number of carbonyl (C=O) groups excluding carboxylic acids is 1. The fourth-order valence-corrected chi connectivity index (χ4v) is 5.56. The van der Waals surface area contributed by atoms with Crippen LogP contribution < -0.4 is 5.32 Å². The molecule has 8 heteroatoms. The first-order valence-corrected chi connectivity index (χ1v) is 11.8. The summed E-state index contributed by atoms with van der Waals surface area (Å²) >= 11 is 0. The van der Waals surface area contributed by atoms with Gasteiger partial charge in [0.25, 0.3) is 0 Å². The highest BCUT2D eigenvalue weighted by atomic mass is 32.2. The van der Waals surface area contributed by atoms with E-state index < -0.39 is 10.0 Å². The minimum atomic E-state index is -3.59. The van der Waals surface area contributed by atoms with Crippen molar-refractivity contribution in [3.63, 3.8) is 0 Å². The van der Waals surface area contributed by atoms with Gasteiger partial charge in [0.2, 0.25) is 15.9 Å². The van der Waals surface area contributed by atoms with Crippen molar-refractivity contribution >= 4 is 15.9 Å². The second-order valence-corrected chi connectivity index (χ2v) is 10.2. The van der Waals surface area contributed by atoms with Crippen LogP contribution in [0.1, 0.15) is 45.1 Å². The first-order chi connectivity index (χ1) is 13.8. The van der Waals surface area contributed by atoms with Gasteiger partial charge in [0, 0.05) is 44.2 Å². The molecule has 1 amide bonds. The molecule has 0 bridgehead atoms. The second kappa shape index (κ2) is 9.24. The highest BCUT2D eigenvalue weighted by Crippen LogP contribution is 2.25. The van der Waals surface area contributed by atoms with E-state index in [0.717, 1.165) is 25.9 Å². The predicted molar refractivity (Wildman–Crippen MR) is 111 cm³/mol. The van der Waals surface area contributed by atoms with E-state index in [0.29, 0.717) is 37.5 Å². The van der Waals surface area contributed by atoms with Gasteiger partial charge in [-0.15, -0.1) is 0 Å². The number of hydrogen-bond donors (Lipinski definition) is 1. The number of hydrogen-bond acceptors (Lipinski definition) is 5. The van der Waals surface area contributed by atoms with E-state index in [1.165, 1.54) is 28.6 Å². The van der Waals surface area contributed by atoms with Gasteiger partial charge in [0.1, 0.15) is 0 Å². The van der Waals surface area contributed by atoms with Crippen LogP contribution in [0.4, 0.5) is 0 Å². The molecule has 1 aromatic rings. The average Bonchev–Trinajstić information content (AvgIpc) is 2.74. The maximum Gasteiger partial charge on any atom is 0.243 e. The molecule has 0 radical (unpaired) electrons. The number of nitrogens with one attached hydrogen (secondary N) is 1. The normalized spacial score (nSPS) is 20.5. The number of amides is 1. The van der Waals surface area contributed by atoms with Crippen molar-refractivity contribution < 1.29 is 13.2 Å². The third kappa shape index (κ3) is 5.16. The van der Waals surface area contributed by atoms with Gasteiger partial charge < -0.3 is 10.2 Å². The summed E-state index contributed by atoms with van der Waals surface area (Å²) in [5.74, 6) is -0.0750. The molecule has 1 aromatic carbocycles. The Hall–Kier alpha value is -1.95. The number of sulfonamides is 1. The molecule has 1 N–H and O–H groups in total. The molecule has 2 aliphatic rings. The number of rotatable bonds is 5. The van der Waals surface area contributed by atoms with E-state index in [9.17, 15) is 13.2 Å². The number of benzene rings is 1. The number of nitrogens with zero attached hydrogens (tertiary/aromatic N) is 3. The average molecular weight is 419 g/mol. The molecule has 29 heavy (non-hydrogen) atoms. The third-order valence-corrected chi connectivity index (χ3v) is 7.97. The van der Waals surface area contributed by atoms with Crippen LogP contribution >= 0.6 is 0 Å². The molecule has 3 rings (SSSR count). The molecule has 0 aliphatic carbocycles. The van der Waals surface area contributed by atoms with Gasteiger partial charge in [-0.25, -0.2) is 8.42 Å². The highest BCUT2D eigenvalue weighted by molar-refractivity contribution is 7.89. The Morgan fingerprint density at radius 3 is 2.17 bits per heavy atom. The summed E-state index contributed by atoms with van der Waals surface area (Å²) in [6.45, 7) is 7.07. The van der Waals surface area contributed by atoms with E-state index in [2.05, 4.69) is 24.1 Å². The topological polar surface area (TPSA) is 93.5 Å². The monoisotopic (exact) mass is 418 g/mol. The van der Waals surface area contributed by atoms with Crippen LogP contribution in [0.3, 0.4) is 0 Å². The lowest BCUT2D eigenvalue weighted by Gasteiger charge is -2.36. The fraction of sp³-hybridized carbons (Fsp3) is 0.619. The van der Waals surface area contributed by atoms with Gasteiger partial charge in [-0.3, -0.25) is 4.79 Å². The summed E-state index contributed by atoms with van der Waals surface area (Å²) in [4.78, 5) is 15.3. The third-order valence-electron chi connectivity index (χ3n) is 6.05. The number of carbonyl (C=O) groups is 1. The zero-order chi connectivity index (χ0) is 21.0. The van der Waals surface area contributed by atoms with Crippen LogP contribution in [0.25, 0.3) is 0 Å². The highest BCUT2D eigenvalue weighted by Gasteiger charge is 2.33. The molecular weight excluding hydrogens is 388 g/mol. The van der Waals surface area contributed by atoms with Gasteiger partial charge in [-0.2, -0.15) is 9.57 Å². The molecule has 7 nitrogen and oxygen atoms in total. The molecule has 0 unspecified atom stereocenters. The van der Waals surface area contributed by atoms with Gasteiger partial charge in [0.15, 0.2) is 0 Å². The smallest absolute Gasteiger partial charge is 0.243 e. The fourth-order valence-electron chi connectivity index (χ4n) is 4.09.